The van der Waals surface area contributed by atoms with Crippen LogP contribution in [0, 0.1) is 16.3 Å². The number of hydrogen-bond acceptors (Lipinski definition) is 3. The number of rotatable bonds is 4. The summed E-state index contributed by atoms with van der Waals surface area (Å²) in [6.07, 6.45) is 1.81. The summed E-state index contributed by atoms with van der Waals surface area (Å²) in [5.41, 5.74) is 1.57. The van der Waals surface area contributed by atoms with Crippen molar-refractivity contribution in [3.63, 3.8) is 0 Å². The minimum absolute atomic E-state index is 0.0613. The van der Waals surface area contributed by atoms with Crippen molar-refractivity contribution in [3.8, 4) is 5.69 Å². The molecule has 0 aliphatic rings. The van der Waals surface area contributed by atoms with Crippen LogP contribution in [0.3, 0.4) is 0 Å². The maximum Gasteiger partial charge on any atom is 0.313 e. The molecule has 0 saturated heterocycles. The summed E-state index contributed by atoms with van der Waals surface area (Å²) in [7, 11) is 0. The summed E-state index contributed by atoms with van der Waals surface area (Å²) < 4.78 is 15.6. The first-order chi connectivity index (χ1) is 8.97. The van der Waals surface area contributed by atoms with E-state index in [1.807, 2.05) is 29.5 Å². The molecule has 100 valence electrons. The summed E-state index contributed by atoms with van der Waals surface area (Å²) in [4.78, 5) is 14.9. The van der Waals surface area contributed by atoms with Crippen LogP contribution in [0.15, 0.2) is 29.6 Å². The molecule has 2 rings (SSSR count). The fraction of sp³-hybridized carbons (Fsp3) is 0.167. The van der Waals surface area contributed by atoms with E-state index in [-0.39, 0.29) is 11.6 Å². The molecular weight excluding hydrogens is 382 g/mol. The van der Waals surface area contributed by atoms with E-state index in [0.29, 0.717) is 5.16 Å². The summed E-state index contributed by atoms with van der Waals surface area (Å²) in [5.74, 6) is -1.26. The van der Waals surface area contributed by atoms with E-state index in [4.69, 9.17) is 5.11 Å². The first-order valence-electron chi connectivity index (χ1n) is 5.33. The SMILES string of the molecule is Cc1cn(-c2ccc(F)cc2I)c(SCC(=O)O)n1. The quantitative estimate of drug-likeness (QED) is 0.642. The maximum atomic E-state index is 13.1. The average molecular weight is 392 g/mol. The van der Waals surface area contributed by atoms with Crippen molar-refractivity contribution in [2.75, 3.05) is 5.75 Å². The number of thioether (sulfide) groups is 1. The van der Waals surface area contributed by atoms with E-state index in [2.05, 4.69) is 4.98 Å². The fourth-order valence-corrected chi connectivity index (χ4v) is 3.04. The summed E-state index contributed by atoms with van der Waals surface area (Å²) >= 11 is 3.18. The number of aliphatic carboxylic acids is 1. The van der Waals surface area contributed by atoms with Crippen LogP contribution in [0.4, 0.5) is 4.39 Å². The van der Waals surface area contributed by atoms with Crippen LogP contribution >= 0.6 is 34.4 Å². The number of imidazole rings is 1. The van der Waals surface area contributed by atoms with Crippen molar-refractivity contribution in [1.82, 2.24) is 9.55 Å². The third-order valence-electron chi connectivity index (χ3n) is 2.29. The van der Waals surface area contributed by atoms with E-state index in [1.165, 1.54) is 12.1 Å². The lowest BCUT2D eigenvalue weighted by Crippen LogP contribution is -2.02. The van der Waals surface area contributed by atoms with E-state index < -0.39 is 5.97 Å². The average Bonchev–Trinajstić information content (AvgIpc) is 2.67. The van der Waals surface area contributed by atoms with Crippen LogP contribution in [0.25, 0.3) is 5.69 Å². The molecular formula is C12H10FIN2O2S. The Morgan fingerprint density at radius 3 is 2.95 bits per heavy atom. The van der Waals surface area contributed by atoms with Gasteiger partial charge in [0.2, 0.25) is 0 Å². The molecule has 1 heterocycles. The van der Waals surface area contributed by atoms with Gasteiger partial charge in [0.15, 0.2) is 5.16 Å². The Kier molecular flexibility index (Phi) is 4.46. The van der Waals surface area contributed by atoms with Crippen LogP contribution in [-0.2, 0) is 4.79 Å². The molecule has 1 aromatic heterocycles. The molecule has 19 heavy (non-hydrogen) atoms. The monoisotopic (exact) mass is 392 g/mol. The maximum absolute atomic E-state index is 13.1. The zero-order valence-corrected chi connectivity index (χ0v) is 12.9. The second-order valence-electron chi connectivity index (χ2n) is 3.81. The Hall–Kier alpha value is -1.09. The zero-order chi connectivity index (χ0) is 14.0. The number of aromatic nitrogens is 2. The van der Waals surface area contributed by atoms with E-state index >= 15 is 0 Å². The van der Waals surface area contributed by atoms with Crippen LogP contribution in [0.2, 0.25) is 0 Å². The zero-order valence-electron chi connectivity index (χ0n) is 9.93. The van der Waals surface area contributed by atoms with Crippen LogP contribution in [0.5, 0.6) is 0 Å². The number of halogens is 2. The second-order valence-corrected chi connectivity index (χ2v) is 5.92. The van der Waals surface area contributed by atoms with Crippen molar-refractivity contribution in [2.24, 2.45) is 0 Å². The van der Waals surface area contributed by atoms with Gasteiger partial charge in [0, 0.05) is 9.77 Å². The van der Waals surface area contributed by atoms with Gasteiger partial charge >= 0.3 is 5.97 Å². The molecule has 0 amide bonds. The first kappa shape index (κ1) is 14.3. The minimum atomic E-state index is -0.897. The fourth-order valence-electron chi connectivity index (χ4n) is 1.55. The molecule has 1 N–H and O–H groups in total. The van der Waals surface area contributed by atoms with E-state index in [0.717, 1.165) is 26.7 Å². The molecule has 0 radical (unpaired) electrons. The third kappa shape index (κ3) is 3.47. The highest BCUT2D eigenvalue weighted by molar-refractivity contribution is 14.1. The van der Waals surface area contributed by atoms with Crippen LogP contribution < -0.4 is 0 Å². The Morgan fingerprint density at radius 2 is 2.32 bits per heavy atom. The smallest absolute Gasteiger partial charge is 0.313 e. The lowest BCUT2D eigenvalue weighted by Gasteiger charge is -2.08. The van der Waals surface area contributed by atoms with Crippen molar-refractivity contribution in [2.45, 2.75) is 12.1 Å². The molecule has 0 saturated carbocycles. The standard InChI is InChI=1S/C12H10FIN2O2S/c1-7-5-16(12(15-7)19-6-11(17)18)10-3-2-8(13)4-9(10)14/h2-5H,6H2,1H3,(H,17,18). The number of hydrogen-bond donors (Lipinski definition) is 1. The van der Waals surface area contributed by atoms with Gasteiger partial charge in [-0.15, -0.1) is 0 Å². The van der Waals surface area contributed by atoms with Crippen molar-refractivity contribution in [1.29, 1.82) is 0 Å². The molecule has 1 aromatic carbocycles. The summed E-state index contributed by atoms with van der Waals surface area (Å²) in [6, 6.07) is 4.46. The predicted octanol–water partition coefficient (Wildman–Crippen LogP) is 3.10. The number of nitrogens with zero attached hydrogens (tertiary/aromatic N) is 2. The molecule has 0 atom stereocenters. The lowest BCUT2D eigenvalue weighted by molar-refractivity contribution is -0.133. The van der Waals surface area contributed by atoms with Gasteiger partial charge < -0.3 is 5.11 Å². The Balaban J connectivity index is 2.40. The normalized spacial score (nSPS) is 10.7. The molecule has 0 bridgehead atoms. The second kappa shape index (κ2) is 5.91. The number of carboxylic acid groups (broad SMARTS) is 1. The van der Waals surface area contributed by atoms with Crippen LogP contribution in [-0.4, -0.2) is 26.4 Å². The highest BCUT2D eigenvalue weighted by Crippen LogP contribution is 2.25. The number of carbonyl (C=O) groups is 1. The molecule has 0 aliphatic heterocycles. The molecule has 0 aliphatic carbocycles. The van der Waals surface area contributed by atoms with Crippen LogP contribution in [0.1, 0.15) is 5.69 Å². The highest BCUT2D eigenvalue weighted by atomic mass is 127. The van der Waals surface area contributed by atoms with Gasteiger partial charge in [-0.1, -0.05) is 11.8 Å². The van der Waals surface area contributed by atoms with Gasteiger partial charge in [-0.2, -0.15) is 0 Å². The molecule has 0 fully saturated rings. The molecule has 2 aromatic rings. The van der Waals surface area contributed by atoms with Gasteiger partial charge in [0.25, 0.3) is 0 Å². The largest absolute Gasteiger partial charge is 0.481 e. The topological polar surface area (TPSA) is 55.1 Å². The molecule has 7 heteroatoms. The van der Waals surface area contributed by atoms with Gasteiger partial charge in [-0.05, 0) is 47.7 Å². The summed E-state index contributed by atoms with van der Waals surface area (Å²) in [6.45, 7) is 1.83. The lowest BCUT2D eigenvalue weighted by atomic mass is 10.3. The van der Waals surface area contributed by atoms with Crippen molar-refractivity contribution in [3.05, 3.63) is 39.5 Å². The van der Waals surface area contributed by atoms with Gasteiger partial charge in [-0.3, -0.25) is 9.36 Å². The van der Waals surface area contributed by atoms with E-state index in [9.17, 15) is 9.18 Å². The van der Waals surface area contributed by atoms with Gasteiger partial charge in [0.1, 0.15) is 5.82 Å². The molecule has 0 spiro atoms. The Bertz CT molecular complexity index is 630. The van der Waals surface area contributed by atoms with Crippen molar-refractivity contribution >= 4 is 40.3 Å². The Morgan fingerprint density at radius 1 is 1.58 bits per heavy atom. The van der Waals surface area contributed by atoms with E-state index in [1.54, 1.807) is 16.8 Å². The first-order valence-corrected chi connectivity index (χ1v) is 7.40. The number of benzene rings is 1. The Labute approximate surface area is 127 Å². The number of aryl methyl sites for hydroxylation is 1. The molecule has 4 nitrogen and oxygen atoms in total. The van der Waals surface area contributed by atoms with Crippen molar-refractivity contribution < 1.29 is 14.3 Å². The third-order valence-corrected chi connectivity index (χ3v) is 4.09. The van der Waals surface area contributed by atoms with Gasteiger partial charge in [-0.25, -0.2) is 9.37 Å². The summed E-state index contributed by atoms with van der Waals surface area (Å²) in [5, 5.41) is 9.31. The molecule has 0 unspecified atom stereocenters. The predicted molar refractivity (Wildman–Crippen MR) is 79.3 cm³/mol. The minimum Gasteiger partial charge on any atom is -0.481 e. The highest BCUT2D eigenvalue weighted by Gasteiger charge is 2.12. The number of carboxylic acids is 1. The van der Waals surface area contributed by atoms with Gasteiger partial charge in [0.05, 0.1) is 17.1 Å².